The smallest absolute Gasteiger partial charge is 0.407 e. The number of aromatic nitrogens is 1. The fourth-order valence-electron chi connectivity index (χ4n) is 3.87. The van der Waals surface area contributed by atoms with Crippen molar-refractivity contribution in [2.75, 3.05) is 26.8 Å². The van der Waals surface area contributed by atoms with E-state index in [0.717, 1.165) is 12.8 Å². The van der Waals surface area contributed by atoms with Crippen molar-refractivity contribution in [3.05, 3.63) is 29.7 Å². The second-order valence-electron chi connectivity index (χ2n) is 8.52. The Kier molecular flexibility index (Phi) is 10.1. The van der Waals surface area contributed by atoms with Gasteiger partial charge in [0.1, 0.15) is 0 Å². The normalized spacial score (nSPS) is 17.1. The topological polar surface area (TPSA) is 129 Å². The van der Waals surface area contributed by atoms with E-state index in [2.05, 4.69) is 19.8 Å². The van der Waals surface area contributed by atoms with E-state index in [9.17, 15) is 18.4 Å². The van der Waals surface area contributed by atoms with E-state index in [-0.39, 0.29) is 47.3 Å². The van der Waals surface area contributed by atoms with Gasteiger partial charge in [-0.3, -0.25) is 4.79 Å². The molecular formula is C25H34F2N4O6. The molecule has 0 bridgehead atoms. The van der Waals surface area contributed by atoms with Gasteiger partial charge in [-0.25, -0.2) is 9.78 Å². The quantitative estimate of drug-likeness (QED) is 0.500. The van der Waals surface area contributed by atoms with E-state index in [1.807, 2.05) is 13.8 Å². The van der Waals surface area contributed by atoms with Crippen molar-refractivity contribution in [1.82, 2.24) is 15.2 Å². The maximum atomic E-state index is 13.2. The number of nitrogens with two attached hydrogens (primary N) is 1. The average molecular weight is 525 g/mol. The van der Waals surface area contributed by atoms with Crippen LogP contribution in [-0.2, 0) is 11.3 Å². The number of hydrogen-bond donors (Lipinski definition) is 2. The fourth-order valence-corrected chi connectivity index (χ4v) is 3.87. The zero-order valence-corrected chi connectivity index (χ0v) is 21.3. The predicted molar refractivity (Wildman–Crippen MR) is 130 cm³/mol. The number of likely N-dealkylation sites (tertiary alicyclic amines) is 1. The SMILES string of the molecule is CC.COC(=O)NC1CCCN(C(=O)c2nc(-c3ccc(OC(F)F)c(OCC4CC4)c3)oc2CN)C1. The summed E-state index contributed by atoms with van der Waals surface area (Å²) in [5.74, 6) is 0.373. The summed E-state index contributed by atoms with van der Waals surface area (Å²) in [7, 11) is 1.28. The van der Waals surface area contributed by atoms with Gasteiger partial charge in [0, 0.05) is 24.7 Å². The molecule has 204 valence electrons. The molecule has 37 heavy (non-hydrogen) atoms. The highest BCUT2D eigenvalue weighted by Gasteiger charge is 2.30. The Balaban J connectivity index is 0.00000186. The molecule has 1 saturated heterocycles. The van der Waals surface area contributed by atoms with Gasteiger partial charge in [0.2, 0.25) is 5.89 Å². The van der Waals surface area contributed by atoms with Crippen molar-refractivity contribution < 1.29 is 37.0 Å². The summed E-state index contributed by atoms with van der Waals surface area (Å²) in [4.78, 5) is 30.7. The predicted octanol–water partition coefficient (Wildman–Crippen LogP) is 4.18. The van der Waals surface area contributed by atoms with Crippen LogP contribution in [0.15, 0.2) is 22.6 Å². The lowest BCUT2D eigenvalue weighted by atomic mass is 10.1. The van der Waals surface area contributed by atoms with Gasteiger partial charge in [0.25, 0.3) is 5.91 Å². The van der Waals surface area contributed by atoms with Crippen LogP contribution in [0.5, 0.6) is 11.5 Å². The fraction of sp³-hybridized carbons (Fsp3) is 0.560. The number of rotatable bonds is 9. The van der Waals surface area contributed by atoms with Gasteiger partial charge in [-0.05, 0) is 49.8 Å². The lowest BCUT2D eigenvalue weighted by Gasteiger charge is -2.32. The number of methoxy groups -OCH3 is 1. The van der Waals surface area contributed by atoms with Gasteiger partial charge in [0.15, 0.2) is 23.0 Å². The van der Waals surface area contributed by atoms with Crippen molar-refractivity contribution in [3.8, 4) is 23.0 Å². The van der Waals surface area contributed by atoms with Crippen LogP contribution in [0.4, 0.5) is 13.6 Å². The number of carbonyl (C=O) groups is 2. The van der Waals surface area contributed by atoms with E-state index in [1.165, 1.54) is 25.3 Å². The van der Waals surface area contributed by atoms with Crippen molar-refractivity contribution in [2.24, 2.45) is 11.7 Å². The molecule has 2 fully saturated rings. The molecule has 2 aliphatic rings. The number of piperidine rings is 1. The monoisotopic (exact) mass is 524 g/mol. The number of amides is 2. The van der Waals surface area contributed by atoms with E-state index in [1.54, 1.807) is 4.90 Å². The summed E-state index contributed by atoms with van der Waals surface area (Å²) in [6.07, 6.45) is 2.90. The highest BCUT2D eigenvalue weighted by Crippen LogP contribution is 2.36. The van der Waals surface area contributed by atoms with Crippen LogP contribution >= 0.6 is 0 Å². The number of nitrogens with zero attached hydrogens (tertiary/aromatic N) is 2. The van der Waals surface area contributed by atoms with Crippen LogP contribution in [0.25, 0.3) is 11.5 Å². The number of nitrogens with one attached hydrogen (secondary N) is 1. The second kappa shape index (κ2) is 13.2. The number of ether oxygens (including phenoxy) is 3. The first-order chi connectivity index (χ1) is 17.9. The van der Waals surface area contributed by atoms with E-state index >= 15 is 0 Å². The molecule has 1 aliphatic carbocycles. The summed E-state index contributed by atoms with van der Waals surface area (Å²) in [5.41, 5.74) is 6.30. The third kappa shape index (κ3) is 7.54. The molecule has 3 N–H and O–H groups in total. The van der Waals surface area contributed by atoms with Crippen LogP contribution in [0.1, 0.15) is 55.8 Å². The Morgan fingerprint density at radius 2 is 2.00 bits per heavy atom. The first kappa shape index (κ1) is 28.2. The van der Waals surface area contributed by atoms with Gasteiger partial charge in [-0.2, -0.15) is 8.78 Å². The lowest BCUT2D eigenvalue weighted by Crippen LogP contribution is -2.49. The number of benzene rings is 1. The summed E-state index contributed by atoms with van der Waals surface area (Å²) in [6.45, 7) is 2.11. The van der Waals surface area contributed by atoms with E-state index in [0.29, 0.717) is 44.0 Å². The number of carbonyl (C=O) groups excluding carboxylic acids is 2. The van der Waals surface area contributed by atoms with E-state index < -0.39 is 12.7 Å². The third-order valence-electron chi connectivity index (χ3n) is 5.88. The Bertz CT molecular complexity index is 1060. The van der Waals surface area contributed by atoms with Crippen LogP contribution in [0, 0.1) is 5.92 Å². The van der Waals surface area contributed by atoms with Gasteiger partial charge in [-0.1, -0.05) is 13.8 Å². The molecule has 2 aromatic rings. The summed E-state index contributed by atoms with van der Waals surface area (Å²) >= 11 is 0. The molecule has 0 spiro atoms. The first-order valence-electron chi connectivity index (χ1n) is 12.4. The molecule has 4 rings (SSSR count). The molecule has 12 heteroatoms. The maximum Gasteiger partial charge on any atom is 0.407 e. The number of alkyl carbamates (subject to hydrolysis) is 1. The highest BCUT2D eigenvalue weighted by molar-refractivity contribution is 5.94. The zero-order valence-electron chi connectivity index (χ0n) is 21.3. The minimum Gasteiger partial charge on any atom is -0.489 e. The molecule has 1 saturated carbocycles. The number of halogens is 2. The van der Waals surface area contributed by atoms with Gasteiger partial charge in [-0.15, -0.1) is 0 Å². The van der Waals surface area contributed by atoms with Crippen molar-refractivity contribution in [2.45, 2.75) is 58.7 Å². The molecule has 1 atom stereocenters. The van der Waals surface area contributed by atoms with Crippen molar-refractivity contribution in [3.63, 3.8) is 0 Å². The van der Waals surface area contributed by atoms with Crippen LogP contribution in [-0.4, -0.2) is 61.3 Å². The van der Waals surface area contributed by atoms with Gasteiger partial charge < -0.3 is 34.6 Å². The third-order valence-corrected chi connectivity index (χ3v) is 5.88. The Labute approximate surface area is 214 Å². The van der Waals surface area contributed by atoms with Crippen molar-refractivity contribution in [1.29, 1.82) is 0 Å². The molecule has 2 amide bonds. The number of alkyl halides is 2. The molecule has 1 aromatic heterocycles. The average Bonchev–Trinajstić information content (AvgIpc) is 3.64. The Hall–Kier alpha value is -3.41. The summed E-state index contributed by atoms with van der Waals surface area (Å²) in [5, 5.41) is 2.71. The molecule has 1 unspecified atom stereocenters. The summed E-state index contributed by atoms with van der Waals surface area (Å²) < 4.78 is 46.3. The molecule has 2 heterocycles. The molecule has 1 aliphatic heterocycles. The number of hydrogen-bond acceptors (Lipinski definition) is 8. The van der Waals surface area contributed by atoms with Gasteiger partial charge in [0.05, 0.1) is 20.3 Å². The minimum atomic E-state index is -3.00. The van der Waals surface area contributed by atoms with Crippen LogP contribution < -0.4 is 20.5 Å². The lowest BCUT2D eigenvalue weighted by molar-refractivity contribution is -0.0515. The number of oxazole rings is 1. The van der Waals surface area contributed by atoms with Crippen LogP contribution in [0.3, 0.4) is 0 Å². The molecule has 0 radical (unpaired) electrons. The van der Waals surface area contributed by atoms with Gasteiger partial charge >= 0.3 is 12.7 Å². The zero-order chi connectivity index (χ0) is 26.9. The van der Waals surface area contributed by atoms with E-state index in [4.69, 9.17) is 14.9 Å². The molecule has 1 aromatic carbocycles. The standard InChI is InChI=1S/C23H28F2N4O6.C2H6/c1-32-23(31)27-15-3-2-8-29(11-15)21(30)19-18(10-26)34-20(28-19)14-6-7-16(35-22(24)25)17(9-14)33-12-13-4-5-13;1-2/h6-7,9,13,15,22H,2-5,8,10-12,26H2,1H3,(H,27,31);1-2H3. The van der Waals surface area contributed by atoms with Crippen LogP contribution in [0.2, 0.25) is 0 Å². The maximum absolute atomic E-state index is 13.2. The Morgan fingerprint density at radius 1 is 1.24 bits per heavy atom. The highest BCUT2D eigenvalue weighted by atomic mass is 19.3. The molecular weight excluding hydrogens is 490 g/mol. The Morgan fingerprint density at radius 3 is 2.65 bits per heavy atom. The first-order valence-corrected chi connectivity index (χ1v) is 12.4. The minimum absolute atomic E-state index is 0.0644. The summed E-state index contributed by atoms with van der Waals surface area (Å²) in [6, 6.07) is 4.10. The largest absolute Gasteiger partial charge is 0.489 e. The molecule has 10 nitrogen and oxygen atoms in total. The second-order valence-corrected chi connectivity index (χ2v) is 8.52. The van der Waals surface area contributed by atoms with Crippen molar-refractivity contribution >= 4 is 12.0 Å².